The predicted octanol–water partition coefficient (Wildman–Crippen LogP) is 5.52. The number of methoxy groups -OCH3 is 2. The van der Waals surface area contributed by atoms with E-state index in [1.807, 2.05) is 56.3 Å². The zero-order valence-electron chi connectivity index (χ0n) is 15.9. The summed E-state index contributed by atoms with van der Waals surface area (Å²) in [5.41, 5.74) is 2.81. The lowest BCUT2D eigenvalue weighted by atomic mass is 9.97. The molecule has 0 aliphatic carbocycles. The van der Waals surface area contributed by atoms with Gasteiger partial charge in [-0.15, -0.1) is 0 Å². The average Bonchev–Trinajstić information content (AvgIpc) is 2.66. The molecule has 2 rings (SSSR count). The number of benzene rings is 2. The molecule has 0 aliphatic heterocycles. The highest BCUT2D eigenvalue weighted by atomic mass is 35.5. The summed E-state index contributed by atoms with van der Waals surface area (Å²) < 4.78 is 10.3. The van der Waals surface area contributed by atoms with E-state index in [1.54, 1.807) is 6.08 Å². The number of ether oxygens (including phenoxy) is 2. The van der Waals surface area contributed by atoms with Gasteiger partial charge in [0.15, 0.2) is 0 Å². The minimum Gasteiger partial charge on any atom is -0.507 e. The molecule has 0 fully saturated rings. The third kappa shape index (κ3) is 4.72. The van der Waals surface area contributed by atoms with Crippen molar-refractivity contribution < 1.29 is 19.4 Å². The Bertz CT molecular complexity index is 879. The van der Waals surface area contributed by atoms with Gasteiger partial charge in [0.25, 0.3) is 0 Å². The number of aromatic hydroxyl groups is 1. The van der Waals surface area contributed by atoms with Crippen LogP contribution in [-0.2, 0) is 11.2 Å². The molecule has 0 atom stereocenters. The smallest absolute Gasteiger partial charge is 0.342 e. The van der Waals surface area contributed by atoms with Crippen LogP contribution in [-0.4, -0.2) is 25.3 Å². The van der Waals surface area contributed by atoms with E-state index in [9.17, 15) is 9.90 Å². The lowest BCUT2D eigenvalue weighted by Gasteiger charge is -2.17. The van der Waals surface area contributed by atoms with Crippen LogP contribution in [0.3, 0.4) is 0 Å². The Morgan fingerprint density at radius 3 is 2.37 bits per heavy atom. The van der Waals surface area contributed by atoms with Crippen LogP contribution >= 0.6 is 11.6 Å². The van der Waals surface area contributed by atoms with E-state index in [2.05, 4.69) is 0 Å². The average molecular weight is 387 g/mol. The third-order valence-electron chi connectivity index (χ3n) is 4.05. The SMILES string of the molecule is COC(=O)c1c(O)c(CC=C(C)C)c(OC)c(Cl)c1/C=C/c1ccccc1. The molecule has 0 bridgehead atoms. The van der Waals surface area contributed by atoms with Gasteiger partial charge in [0.05, 0.1) is 19.2 Å². The molecule has 142 valence electrons. The van der Waals surface area contributed by atoms with Gasteiger partial charge >= 0.3 is 5.97 Å². The van der Waals surface area contributed by atoms with Gasteiger partial charge in [-0.05, 0) is 25.8 Å². The third-order valence-corrected chi connectivity index (χ3v) is 4.43. The molecule has 27 heavy (non-hydrogen) atoms. The number of rotatable bonds is 6. The monoisotopic (exact) mass is 386 g/mol. The van der Waals surface area contributed by atoms with Gasteiger partial charge in [-0.3, -0.25) is 0 Å². The number of carbonyl (C=O) groups is 1. The van der Waals surface area contributed by atoms with E-state index in [0.29, 0.717) is 23.3 Å². The van der Waals surface area contributed by atoms with Crippen LogP contribution in [0.15, 0.2) is 42.0 Å². The molecule has 0 aliphatic rings. The van der Waals surface area contributed by atoms with Gasteiger partial charge < -0.3 is 14.6 Å². The summed E-state index contributed by atoms with van der Waals surface area (Å²) in [6, 6.07) is 9.56. The summed E-state index contributed by atoms with van der Waals surface area (Å²) >= 11 is 6.56. The van der Waals surface area contributed by atoms with Crippen molar-refractivity contribution in [2.75, 3.05) is 14.2 Å². The second-order valence-corrected chi connectivity index (χ2v) is 6.56. The van der Waals surface area contributed by atoms with E-state index < -0.39 is 5.97 Å². The van der Waals surface area contributed by atoms with Gasteiger partial charge in [0, 0.05) is 11.1 Å². The van der Waals surface area contributed by atoms with Crippen LogP contribution in [0.2, 0.25) is 5.02 Å². The van der Waals surface area contributed by atoms with Crippen molar-refractivity contribution in [1.82, 2.24) is 0 Å². The molecule has 0 saturated carbocycles. The standard InChI is InChI=1S/C22H23ClO4/c1-14(2)10-12-17-20(24)18(22(25)27-4)16(19(23)21(17)26-3)13-11-15-8-6-5-7-9-15/h5-11,13,24H,12H2,1-4H3/b13-11+. The summed E-state index contributed by atoms with van der Waals surface area (Å²) in [5.74, 6) is -0.511. The maximum atomic E-state index is 12.4. The second kappa shape index (κ2) is 9.28. The minimum atomic E-state index is -0.664. The number of allylic oxidation sites excluding steroid dienone is 2. The van der Waals surface area contributed by atoms with Gasteiger partial charge in [-0.1, -0.05) is 65.7 Å². The first-order chi connectivity index (χ1) is 12.9. The lowest BCUT2D eigenvalue weighted by Crippen LogP contribution is -2.08. The molecule has 0 unspecified atom stereocenters. The van der Waals surface area contributed by atoms with Crippen molar-refractivity contribution in [2.45, 2.75) is 20.3 Å². The quantitative estimate of drug-likeness (QED) is 0.403. The molecule has 0 radical (unpaired) electrons. The molecule has 5 heteroatoms. The number of phenols is 1. The highest BCUT2D eigenvalue weighted by Crippen LogP contribution is 2.43. The largest absolute Gasteiger partial charge is 0.507 e. The van der Waals surface area contributed by atoms with Gasteiger partial charge in [-0.25, -0.2) is 4.79 Å². The summed E-state index contributed by atoms with van der Waals surface area (Å²) in [6.07, 6.45) is 5.79. The molecule has 0 spiro atoms. The van der Waals surface area contributed by atoms with E-state index in [4.69, 9.17) is 21.1 Å². The lowest BCUT2D eigenvalue weighted by molar-refractivity contribution is 0.0597. The van der Waals surface area contributed by atoms with Gasteiger partial charge in [0.1, 0.15) is 17.1 Å². The zero-order chi connectivity index (χ0) is 20.0. The molecule has 2 aromatic rings. The molecule has 0 heterocycles. The Morgan fingerprint density at radius 1 is 1.15 bits per heavy atom. The minimum absolute atomic E-state index is 0.0210. The van der Waals surface area contributed by atoms with Crippen LogP contribution in [0.1, 0.15) is 40.9 Å². The fraction of sp³-hybridized carbons (Fsp3) is 0.227. The van der Waals surface area contributed by atoms with Gasteiger partial charge in [-0.2, -0.15) is 0 Å². The molecule has 4 nitrogen and oxygen atoms in total. The van der Waals surface area contributed by atoms with Gasteiger partial charge in [0.2, 0.25) is 0 Å². The number of hydrogen-bond donors (Lipinski definition) is 1. The van der Waals surface area contributed by atoms with Crippen molar-refractivity contribution in [2.24, 2.45) is 0 Å². The van der Waals surface area contributed by atoms with Crippen molar-refractivity contribution in [3.63, 3.8) is 0 Å². The molecular weight excluding hydrogens is 364 g/mol. The van der Waals surface area contributed by atoms with E-state index in [-0.39, 0.29) is 16.3 Å². The molecule has 1 N–H and O–H groups in total. The van der Waals surface area contributed by atoms with E-state index in [0.717, 1.165) is 11.1 Å². The zero-order valence-corrected chi connectivity index (χ0v) is 16.6. The first-order valence-electron chi connectivity index (χ1n) is 8.46. The van der Waals surface area contributed by atoms with Crippen molar-refractivity contribution in [3.05, 3.63) is 69.3 Å². The number of halogens is 1. The fourth-order valence-electron chi connectivity index (χ4n) is 2.67. The molecule has 0 amide bonds. The van der Waals surface area contributed by atoms with Crippen molar-refractivity contribution in [3.8, 4) is 11.5 Å². The Hall–Kier alpha value is -2.72. The second-order valence-electron chi connectivity index (χ2n) is 6.18. The number of phenolic OH excluding ortho intramolecular Hbond substituents is 1. The van der Waals surface area contributed by atoms with E-state index >= 15 is 0 Å². The highest BCUT2D eigenvalue weighted by Gasteiger charge is 2.26. The molecule has 0 saturated heterocycles. The van der Waals surface area contributed by atoms with Crippen LogP contribution < -0.4 is 4.74 Å². The Labute approximate surface area is 164 Å². The van der Waals surface area contributed by atoms with Crippen LogP contribution in [0, 0.1) is 0 Å². The Morgan fingerprint density at radius 2 is 1.81 bits per heavy atom. The summed E-state index contributed by atoms with van der Waals surface area (Å²) in [4.78, 5) is 12.4. The topological polar surface area (TPSA) is 55.8 Å². The number of esters is 1. The highest BCUT2D eigenvalue weighted by molar-refractivity contribution is 6.34. The van der Waals surface area contributed by atoms with Crippen LogP contribution in [0.4, 0.5) is 0 Å². The van der Waals surface area contributed by atoms with E-state index in [1.165, 1.54) is 14.2 Å². The van der Waals surface area contributed by atoms with Crippen LogP contribution in [0.25, 0.3) is 12.2 Å². The Kier molecular flexibility index (Phi) is 7.08. The first-order valence-corrected chi connectivity index (χ1v) is 8.84. The number of carbonyl (C=O) groups excluding carboxylic acids is 1. The van der Waals surface area contributed by atoms with Crippen LogP contribution in [0.5, 0.6) is 11.5 Å². The summed E-state index contributed by atoms with van der Waals surface area (Å²) in [7, 11) is 2.75. The molecule has 0 aromatic heterocycles. The summed E-state index contributed by atoms with van der Waals surface area (Å²) in [6.45, 7) is 3.90. The maximum Gasteiger partial charge on any atom is 0.342 e. The normalized spacial score (nSPS) is 10.7. The van der Waals surface area contributed by atoms with Crippen molar-refractivity contribution in [1.29, 1.82) is 0 Å². The number of hydrogen-bond acceptors (Lipinski definition) is 4. The fourth-order valence-corrected chi connectivity index (χ4v) is 3.02. The predicted molar refractivity (Wildman–Crippen MR) is 110 cm³/mol. The Balaban J connectivity index is 2.71. The molecule has 2 aromatic carbocycles. The first kappa shape index (κ1) is 20.6. The summed E-state index contributed by atoms with van der Waals surface area (Å²) in [5, 5.41) is 11.1. The molecular formula is C22H23ClO4. The van der Waals surface area contributed by atoms with Crippen molar-refractivity contribution >= 4 is 29.7 Å². The maximum absolute atomic E-state index is 12.4.